The first-order valence-electron chi connectivity index (χ1n) is 9.32. The molecule has 11 nitrogen and oxygen atoms in total. The summed E-state index contributed by atoms with van der Waals surface area (Å²) < 4.78 is 28.8. The Bertz CT molecular complexity index is 900. The topological polar surface area (TPSA) is 157 Å². The van der Waals surface area contributed by atoms with Crippen molar-refractivity contribution >= 4 is 24.7 Å². The summed E-state index contributed by atoms with van der Waals surface area (Å²) in [4.78, 5) is 46.9. The monoisotopic (exact) mass is 466 g/mol. The van der Waals surface area contributed by atoms with E-state index in [1.165, 1.54) is 16.8 Å². The lowest BCUT2D eigenvalue weighted by molar-refractivity contribution is -0.119. The van der Waals surface area contributed by atoms with Crippen molar-refractivity contribution in [1.29, 1.82) is 0 Å². The molecule has 1 aliphatic heterocycles. The van der Waals surface area contributed by atoms with E-state index in [2.05, 4.69) is 4.98 Å². The number of phosphoric acid groups is 1. The van der Waals surface area contributed by atoms with Crippen LogP contribution in [0.5, 0.6) is 0 Å². The number of hydrogen-bond acceptors (Lipinski definition) is 9. The number of H-pyrrole nitrogens is 1. The van der Waals surface area contributed by atoms with Gasteiger partial charge in [0, 0.05) is 23.9 Å². The summed E-state index contributed by atoms with van der Waals surface area (Å²) in [6.07, 6.45) is 0.618. The third-order valence-corrected chi connectivity index (χ3v) is 6.69. The highest BCUT2D eigenvalue weighted by Crippen LogP contribution is 2.45. The highest BCUT2D eigenvalue weighted by Gasteiger charge is 2.36. The van der Waals surface area contributed by atoms with Crippen LogP contribution in [0.2, 0.25) is 0 Å². The zero-order valence-electron chi connectivity index (χ0n) is 17.0. The lowest BCUT2D eigenvalue weighted by Gasteiger charge is -2.19. The maximum Gasteiger partial charge on any atom is 0.472 e. The second-order valence-electron chi connectivity index (χ2n) is 7.65. The number of aliphatic hydroxyl groups excluding tert-OH is 1. The minimum absolute atomic E-state index is 0.0986. The van der Waals surface area contributed by atoms with Gasteiger partial charge in [0.1, 0.15) is 6.23 Å². The third kappa shape index (κ3) is 6.88. The van der Waals surface area contributed by atoms with E-state index in [0.29, 0.717) is 6.42 Å². The van der Waals surface area contributed by atoms with Gasteiger partial charge in [-0.25, -0.2) is 9.36 Å². The average Bonchev–Trinajstić information content (AvgIpc) is 3.04. The number of thioether (sulfide) groups is 1. The zero-order chi connectivity index (χ0) is 22.5. The van der Waals surface area contributed by atoms with Crippen LogP contribution in [-0.4, -0.2) is 56.3 Å². The van der Waals surface area contributed by atoms with E-state index in [1.54, 1.807) is 13.8 Å². The molecule has 170 valence electrons. The molecule has 0 aromatic carbocycles. The number of carbonyl (C=O) groups is 1. The van der Waals surface area contributed by atoms with Gasteiger partial charge in [0.15, 0.2) is 5.12 Å². The number of aromatic amines is 1. The Morgan fingerprint density at radius 3 is 2.77 bits per heavy atom. The maximum atomic E-state index is 12.0. The van der Waals surface area contributed by atoms with Gasteiger partial charge in [-0.05, 0) is 20.3 Å². The van der Waals surface area contributed by atoms with E-state index < -0.39 is 36.8 Å². The van der Waals surface area contributed by atoms with Crippen LogP contribution in [0, 0.1) is 11.3 Å². The molecule has 30 heavy (non-hydrogen) atoms. The second-order valence-corrected chi connectivity index (χ2v) is 10.2. The van der Waals surface area contributed by atoms with E-state index in [-0.39, 0.29) is 36.6 Å². The highest BCUT2D eigenvalue weighted by molar-refractivity contribution is 8.13. The fourth-order valence-electron chi connectivity index (χ4n) is 2.75. The summed E-state index contributed by atoms with van der Waals surface area (Å²) in [5.74, 6) is 0.0307. The Balaban J connectivity index is 1.79. The van der Waals surface area contributed by atoms with Gasteiger partial charge < -0.3 is 14.7 Å². The molecule has 2 heterocycles. The maximum absolute atomic E-state index is 12.0. The summed E-state index contributed by atoms with van der Waals surface area (Å²) >= 11 is 0.899. The summed E-state index contributed by atoms with van der Waals surface area (Å²) in [6, 6.07) is 1.21. The van der Waals surface area contributed by atoms with E-state index in [0.717, 1.165) is 11.8 Å². The molecule has 0 bridgehead atoms. The molecule has 1 aliphatic rings. The van der Waals surface area contributed by atoms with Gasteiger partial charge in [-0.15, -0.1) is 0 Å². The van der Waals surface area contributed by atoms with E-state index in [4.69, 9.17) is 18.9 Å². The first kappa shape index (κ1) is 25.0. The summed E-state index contributed by atoms with van der Waals surface area (Å²) in [5.41, 5.74) is -2.02. The van der Waals surface area contributed by atoms with Crippen LogP contribution in [-0.2, 0) is 23.1 Å². The van der Waals surface area contributed by atoms with Gasteiger partial charge >= 0.3 is 13.5 Å². The van der Waals surface area contributed by atoms with Crippen LogP contribution in [0.4, 0.5) is 0 Å². The number of rotatable bonds is 10. The molecule has 2 rings (SSSR count). The predicted octanol–water partition coefficient (Wildman–Crippen LogP) is 0.872. The number of nitrogens with one attached hydrogen (secondary N) is 1. The molecule has 1 fully saturated rings. The Morgan fingerprint density at radius 2 is 2.13 bits per heavy atom. The molecule has 0 spiro atoms. The summed E-state index contributed by atoms with van der Waals surface area (Å²) in [6.45, 7) is 4.33. The smallest absolute Gasteiger partial charge is 0.395 e. The van der Waals surface area contributed by atoms with Gasteiger partial charge in [0.05, 0.1) is 31.3 Å². The SMILES string of the molecule is CC1CC(COP(=O)(O)OCCSC(=O)C(C)(C)CO)OC1n1ccc(=O)[nH]c1=O. The molecule has 3 N–H and O–H groups in total. The average molecular weight is 466 g/mol. The first-order valence-corrected chi connectivity index (χ1v) is 11.8. The van der Waals surface area contributed by atoms with Crippen LogP contribution >= 0.6 is 19.6 Å². The van der Waals surface area contributed by atoms with Gasteiger partial charge in [-0.2, -0.15) is 0 Å². The molecule has 1 saturated heterocycles. The van der Waals surface area contributed by atoms with Gasteiger partial charge in [-0.1, -0.05) is 18.7 Å². The summed E-state index contributed by atoms with van der Waals surface area (Å²) in [5, 5.41) is 8.89. The highest BCUT2D eigenvalue weighted by atomic mass is 32.2. The lowest BCUT2D eigenvalue weighted by Crippen LogP contribution is -2.33. The minimum Gasteiger partial charge on any atom is -0.395 e. The molecule has 0 saturated carbocycles. The first-order chi connectivity index (χ1) is 13.9. The number of hydrogen-bond donors (Lipinski definition) is 3. The molecule has 1 aromatic heterocycles. The number of aliphatic hydroxyl groups is 1. The van der Waals surface area contributed by atoms with Gasteiger partial charge in [0.25, 0.3) is 5.56 Å². The van der Waals surface area contributed by atoms with Crippen molar-refractivity contribution in [3.05, 3.63) is 33.1 Å². The van der Waals surface area contributed by atoms with Crippen molar-refractivity contribution in [2.45, 2.75) is 39.5 Å². The minimum atomic E-state index is -4.35. The molecule has 0 aliphatic carbocycles. The molecule has 4 atom stereocenters. The van der Waals surface area contributed by atoms with Crippen molar-refractivity contribution in [3.8, 4) is 0 Å². The molecular weight excluding hydrogens is 439 g/mol. The number of nitrogens with zero attached hydrogens (tertiary/aromatic N) is 1. The van der Waals surface area contributed by atoms with Crippen LogP contribution in [0.3, 0.4) is 0 Å². The fourth-order valence-corrected chi connectivity index (χ4v) is 4.44. The predicted molar refractivity (Wildman–Crippen MR) is 109 cm³/mol. The lowest BCUT2D eigenvalue weighted by atomic mass is 9.97. The zero-order valence-corrected chi connectivity index (χ0v) is 18.7. The van der Waals surface area contributed by atoms with Crippen molar-refractivity contribution < 1.29 is 33.1 Å². The fraction of sp³-hybridized carbons (Fsp3) is 0.706. The van der Waals surface area contributed by atoms with Crippen molar-refractivity contribution in [3.63, 3.8) is 0 Å². The Labute approximate surface area is 177 Å². The number of phosphoric ester groups is 1. The molecule has 0 radical (unpaired) electrons. The van der Waals surface area contributed by atoms with Crippen molar-refractivity contribution in [2.24, 2.45) is 11.3 Å². The molecule has 1 aromatic rings. The van der Waals surface area contributed by atoms with E-state index in [1.807, 2.05) is 6.92 Å². The quantitative estimate of drug-likeness (QED) is 0.334. The summed E-state index contributed by atoms with van der Waals surface area (Å²) in [7, 11) is -4.35. The van der Waals surface area contributed by atoms with Gasteiger partial charge in [-0.3, -0.25) is 28.2 Å². The third-order valence-electron chi connectivity index (χ3n) is 4.52. The molecule has 0 amide bonds. The van der Waals surface area contributed by atoms with E-state index in [9.17, 15) is 23.8 Å². The standard InChI is InChI=1S/C17H27N2O9PS/c1-11-8-12(28-14(11)19-5-4-13(21)18-16(19)23)9-27-29(24,25)26-6-7-30-15(22)17(2,3)10-20/h4-5,11-12,14,20H,6-10H2,1-3H3,(H,24,25)(H,18,21,23). The van der Waals surface area contributed by atoms with Crippen LogP contribution in [0.25, 0.3) is 0 Å². The Kier molecular flexibility index (Phi) is 8.63. The van der Waals surface area contributed by atoms with Crippen LogP contribution in [0.15, 0.2) is 21.9 Å². The molecule has 4 unspecified atom stereocenters. The number of carbonyl (C=O) groups excluding carboxylic acids is 1. The van der Waals surface area contributed by atoms with Gasteiger partial charge in [0.2, 0.25) is 0 Å². The van der Waals surface area contributed by atoms with Crippen LogP contribution < -0.4 is 11.2 Å². The largest absolute Gasteiger partial charge is 0.472 e. The van der Waals surface area contributed by atoms with Crippen molar-refractivity contribution in [2.75, 3.05) is 25.6 Å². The van der Waals surface area contributed by atoms with Crippen molar-refractivity contribution in [1.82, 2.24) is 9.55 Å². The number of aromatic nitrogens is 2. The molecule has 13 heteroatoms. The second kappa shape index (κ2) is 10.4. The van der Waals surface area contributed by atoms with Crippen LogP contribution in [0.1, 0.15) is 33.4 Å². The van der Waals surface area contributed by atoms with E-state index >= 15 is 0 Å². The Hall–Kier alpha value is -1.27. The normalized spacial score (nSPS) is 24.0. The number of ether oxygens (including phenoxy) is 1. The Morgan fingerprint density at radius 1 is 1.43 bits per heavy atom. The molecular formula is C17H27N2O9PS.